The van der Waals surface area contributed by atoms with E-state index in [1.54, 1.807) is 24.3 Å². The second-order valence-electron chi connectivity index (χ2n) is 7.56. The summed E-state index contributed by atoms with van der Waals surface area (Å²) in [4.78, 5) is 24.2. The van der Waals surface area contributed by atoms with Crippen LogP contribution in [0.1, 0.15) is 58.2 Å². The van der Waals surface area contributed by atoms with Gasteiger partial charge in [-0.2, -0.15) is 0 Å². The van der Waals surface area contributed by atoms with E-state index in [1.807, 2.05) is 26.8 Å². The summed E-state index contributed by atoms with van der Waals surface area (Å²) in [5.74, 6) is 1.25. The summed E-state index contributed by atoms with van der Waals surface area (Å²) in [7, 11) is 1.31. The van der Waals surface area contributed by atoms with Crippen molar-refractivity contribution in [2.24, 2.45) is 0 Å². The average molecular weight is 380 g/mol. The highest BCUT2D eigenvalue weighted by Gasteiger charge is 2.32. The lowest BCUT2D eigenvalue weighted by atomic mass is 9.79. The number of carbonyl (C=O) groups excluding carboxylic acids is 2. The van der Waals surface area contributed by atoms with Gasteiger partial charge in [-0.05, 0) is 68.3 Å². The van der Waals surface area contributed by atoms with E-state index in [2.05, 4.69) is 24.7 Å². The Hall–Kier alpha value is -3.08. The molecule has 0 aliphatic carbocycles. The number of allylic oxidation sites excluding steroid dienone is 2. The van der Waals surface area contributed by atoms with Gasteiger partial charge in [0.1, 0.15) is 11.5 Å². The topological polar surface area (TPSA) is 61.8 Å². The highest BCUT2D eigenvalue weighted by Crippen LogP contribution is 2.45. The molecule has 5 nitrogen and oxygen atoms in total. The first-order valence-electron chi connectivity index (χ1n) is 9.06. The van der Waals surface area contributed by atoms with Crippen molar-refractivity contribution < 1.29 is 23.8 Å². The van der Waals surface area contributed by atoms with Crippen molar-refractivity contribution >= 4 is 11.9 Å². The molecular weight excluding hydrogens is 356 g/mol. The fourth-order valence-electron chi connectivity index (χ4n) is 3.76. The number of ether oxygens (including phenoxy) is 3. The third-order valence-corrected chi connectivity index (χ3v) is 4.88. The van der Waals surface area contributed by atoms with Crippen molar-refractivity contribution in [3.63, 3.8) is 0 Å². The minimum absolute atomic E-state index is 0.237. The van der Waals surface area contributed by atoms with E-state index in [1.165, 1.54) is 7.11 Å². The number of fused-ring (bicyclic) bond motifs is 1. The van der Waals surface area contributed by atoms with Crippen molar-refractivity contribution in [3.05, 3.63) is 70.0 Å². The first-order valence-corrected chi connectivity index (χ1v) is 9.06. The SMILES string of the molecule is COC(=O)c1ccc(C(=O)Oc2c(C)cc3c(c2C)C(C)(C)C=C(C)O3)cc1. The van der Waals surface area contributed by atoms with Crippen LogP contribution in [-0.4, -0.2) is 19.0 Å². The molecule has 2 aromatic rings. The zero-order chi connectivity index (χ0) is 20.6. The van der Waals surface area contributed by atoms with Crippen LogP contribution in [-0.2, 0) is 10.2 Å². The van der Waals surface area contributed by atoms with E-state index in [0.29, 0.717) is 16.9 Å². The lowest BCUT2D eigenvalue weighted by Gasteiger charge is -2.32. The number of hydrogen-bond donors (Lipinski definition) is 0. The van der Waals surface area contributed by atoms with Gasteiger partial charge in [0.2, 0.25) is 0 Å². The fraction of sp³-hybridized carbons (Fsp3) is 0.304. The molecule has 146 valence electrons. The molecule has 1 heterocycles. The van der Waals surface area contributed by atoms with E-state index in [0.717, 1.165) is 28.2 Å². The van der Waals surface area contributed by atoms with Gasteiger partial charge in [-0.15, -0.1) is 0 Å². The van der Waals surface area contributed by atoms with E-state index < -0.39 is 11.9 Å². The number of methoxy groups -OCH3 is 1. The predicted molar refractivity (Wildman–Crippen MR) is 106 cm³/mol. The molecule has 5 heteroatoms. The molecule has 1 aliphatic heterocycles. The van der Waals surface area contributed by atoms with Crippen LogP contribution in [0, 0.1) is 13.8 Å². The molecule has 0 atom stereocenters. The van der Waals surface area contributed by atoms with Crippen LogP contribution >= 0.6 is 0 Å². The van der Waals surface area contributed by atoms with Gasteiger partial charge in [0.25, 0.3) is 0 Å². The van der Waals surface area contributed by atoms with E-state index in [-0.39, 0.29) is 5.41 Å². The number of hydrogen-bond acceptors (Lipinski definition) is 5. The summed E-state index contributed by atoms with van der Waals surface area (Å²) in [5.41, 5.74) is 3.20. The number of esters is 2. The summed E-state index contributed by atoms with van der Waals surface area (Å²) < 4.78 is 16.3. The van der Waals surface area contributed by atoms with Crippen molar-refractivity contribution in [1.82, 2.24) is 0 Å². The largest absolute Gasteiger partial charge is 0.465 e. The maximum atomic E-state index is 12.7. The molecule has 0 spiro atoms. The lowest BCUT2D eigenvalue weighted by molar-refractivity contribution is 0.0599. The van der Waals surface area contributed by atoms with Gasteiger partial charge in [-0.3, -0.25) is 0 Å². The Morgan fingerprint density at radius 3 is 2.11 bits per heavy atom. The Labute approximate surface area is 164 Å². The first-order chi connectivity index (χ1) is 13.1. The Morgan fingerprint density at radius 1 is 0.964 bits per heavy atom. The van der Waals surface area contributed by atoms with Crippen molar-refractivity contribution in [2.75, 3.05) is 7.11 Å². The Kier molecular flexibility index (Phi) is 5.02. The summed E-state index contributed by atoms with van der Waals surface area (Å²) in [5, 5.41) is 0. The molecule has 0 saturated heterocycles. The van der Waals surface area contributed by atoms with Crippen LogP contribution < -0.4 is 9.47 Å². The van der Waals surface area contributed by atoms with Crippen molar-refractivity contribution in [2.45, 2.75) is 40.0 Å². The minimum Gasteiger partial charge on any atom is -0.465 e. The molecule has 2 aromatic carbocycles. The van der Waals surface area contributed by atoms with E-state index in [9.17, 15) is 9.59 Å². The monoisotopic (exact) mass is 380 g/mol. The molecule has 0 saturated carbocycles. The Morgan fingerprint density at radius 2 is 1.54 bits per heavy atom. The van der Waals surface area contributed by atoms with Gasteiger partial charge >= 0.3 is 11.9 Å². The van der Waals surface area contributed by atoms with Crippen molar-refractivity contribution in [3.8, 4) is 11.5 Å². The van der Waals surface area contributed by atoms with Gasteiger partial charge in [-0.1, -0.05) is 13.8 Å². The molecule has 0 N–H and O–H groups in total. The van der Waals surface area contributed by atoms with Crippen LogP contribution in [0.5, 0.6) is 11.5 Å². The minimum atomic E-state index is -0.483. The number of benzene rings is 2. The second kappa shape index (κ2) is 7.15. The van der Waals surface area contributed by atoms with Crippen LogP contribution in [0.4, 0.5) is 0 Å². The fourth-order valence-corrected chi connectivity index (χ4v) is 3.76. The summed E-state index contributed by atoms with van der Waals surface area (Å²) in [6, 6.07) is 8.09. The maximum absolute atomic E-state index is 12.7. The van der Waals surface area contributed by atoms with Gasteiger partial charge in [0.15, 0.2) is 0 Å². The van der Waals surface area contributed by atoms with Gasteiger partial charge in [-0.25, -0.2) is 9.59 Å². The molecule has 0 bridgehead atoms. The van der Waals surface area contributed by atoms with Gasteiger partial charge < -0.3 is 14.2 Å². The number of aryl methyl sites for hydroxylation is 1. The van der Waals surface area contributed by atoms with Crippen LogP contribution in [0.3, 0.4) is 0 Å². The van der Waals surface area contributed by atoms with Crippen LogP contribution in [0.15, 0.2) is 42.2 Å². The third-order valence-electron chi connectivity index (χ3n) is 4.88. The highest BCUT2D eigenvalue weighted by molar-refractivity contribution is 5.94. The van der Waals surface area contributed by atoms with E-state index >= 15 is 0 Å². The standard InChI is InChI=1S/C23H24O5/c1-13-11-18-19(23(4,5)12-14(2)27-18)15(3)20(13)28-22(25)17-9-7-16(8-10-17)21(24)26-6/h7-12H,1-6H3. The molecule has 0 amide bonds. The second-order valence-corrected chi connectivity index (χ2v) is 7.56. The van der Waals surface area contributed by atoms with Crippen LogP contribution in [0.25, 0.3) is 0 Å². The zero-order valence-electron chi connectivity index (χ0n) is 17.0. The molecule has 0 unspecified atom stereocenters. The average Bonchev–Trinajstić information content (AvgIpc) is 2.62. The summed E-state index contributed by atoms with van der Waals surface area (Å²) in [6.07, 6.45) is 2.06. The highest BCUT2D eigenvalue weighted by atomic mass is 16.5. The van der Waals surface area contributed by atoms with Gasteiger partial charge in [0, 0.05) is 11.0 Å². The Balaban J connectivity index is 1.94. The molecule has 28 heavy (non-hydrogen) atoms. The number of rotatable bonds is 3. The van der Waals surface area contributed by atoms with E-state index in [4.69, 9.17) is 9.47 Å². The Bertz CT molecular complexity index is 981. The summed E-state index contributed by atoms with van der Waals surface area (Å²) >= 11 is 0. The third kappa shape index (κ3) is 3.52. The molecule has 1 aliphatic rings. The zero-order valence-corrected chi connectivity index (χ0v) is 17.0. The molecular formula is C23H24O5. The molecule has 0 radical (unpaired) electrons. The molecule has 3 rings (SSSR count). The normalized spacial score (nSPS) is 14.4. The quantitative estimate of drug-likeness (QED) is 0.561. The molecule has 0 aromatic heterocycles. The van der Waals surface area contributed by atoms with Gasteiger partial charge in [0.05, 0.1) is 24.0 Å². The lowest BCUT2D eigenvalue weighted by Crippen LogP contribution is -2.23. The van der Waals surface area contributed by atoms with Crippen molar-refractivity contribution in [1.29, 1.82) is 0 Å². The maximum Gasteiger partial charge on any atom is 0.343 e. The number of carbonyl (C=O) groups is 2. The smallest absolute Gasteiger partial charge is 0.343 e. The van der Waals surface area contributed by atoms with Crippen LogP contribution in [0.2, 0.25) is 0 Å². The predicted octanol–water partition coefficient (Wildman–Crippen LogP) is 4.88. The molecule has 0 fully saturated rings. The first kappa shape index (κ1) is 19.7. The summed E-state index contributed by atoms with van der Waals surface area (Å²) in [6.45, 7) is 9.98.